The Bertz CT molecular complexity index is 115. The highest BCUT2D eigenvalue weighted by Crippen LogP contribution is 1.64. The van der Waals surface area contributed by atoms with Crippen LogP contribution in [0, 0.1) is 30.1 Å². The van der Waals surface area contributed by atoms with Gasteiger partial charge in [-0.05, 0) is 13.8 Å². The van der Waals surface area contributed by atoms with Crippen molar-refractivity contribution in [2.24, 2.45) is 0 Å². The molecule has 0 amide bonds. The van der Waals surface area contributed by atoms with Gasteiger partial charge in [0.1, 0.15) is 6.42 Å². The van der Waals surface area contributed by atoms with Crippen LogP contribution in [0.5, 0.6) is 0 Å². The predicted octanol–water partition coefficient (Wildman–Crippen LogP) is 1.24. The molecule has 35 valence electrons. The molecule has 0 fully saturated rings. The van der Waals surface area contributed by atoms with E-state index in [1.165, 1.54) is 0 Å². The maximum atomic E-state index is 2.70. The van der Waals surface area contributed by atoms with E-state index in [0.29, 0.717) is 0 Å². The van der Waals surface area contributed by atoms with Gasteiger partial charge >= 0.3 is 0 Å². The first-order chi connectivity index (χ1) is 3.41. The normalized spacial score (nSPS) is 4.86. The minimum Gasteiger partial charge on any atom is -0.105 e. The van der Waals surface area contributed by atoms with Crippen LogP contribution in [0.3, 0.4) is 0 Å². The fourth-order valence-corrected chi connectivity index (χ4v) is 0.180. The van der Waals surface area contributed by atoms with E-state index in [9.17, 15) is 0 Å². The lowest BCUT2D eigenvalue weighted by molar-refractivity contribution is 1.84. The van der Waals surface area contributed by atoms with Gasteiger partial charge in [-0.15, -0.1) is 11.8 Å². The summed E-state index contributed by atoms with van der Waals surface area (Å²) in [5.74, 6) is 10.8. The molecule has 0 N–H and O–H groups in total. The van der Waals surface area contributed by atoms with Crippen LogP contribution in [0.4, 0.5) is 0 Å². The molecule has 0 aromatic rings. The van der Waals surface area contributed by atoms with Gasteiger partial charge in [-0.3, -0.25) is 0 Å². The average molecular weight is 91.1 g/mol. The maximum Gasteiger partial charge on any atom is 0.106 e. The topological polar surface area (TPSA) is 0 Å². The van der Waals surface area contributed by atoms with Crippen LogP contribution in [-0.2, 0) is 0 Å². The quantitative estimate of drug-likeness (QED) is 0.393. The van der Waals surface area contributed by atoms with Gasteiger partial charge in [-0.25, -0.2) is 0 Å². The summed E-state index contributed by atoms with van der Waals surface area (Å²) >= 11 is 0. The molecular weight excluding hydrogens is 84.1 g/mol. The van der Waals surface area contributed by atoms with Gasteiger partial charge in [0.05, 0.1) is 0 Å². The van der Waals surface area contributed by atoms with Crippen molar-refractivity contribution >= 4 is 0 Å². The van der Waals surface area contributed by atoms with Gasteiger partial charge < -0.3 is 0 Å². The average Bonchev–Trinajstić information content (AvgIpc) is 1.69. The Kier molecular flexibility index (Phi) is 4.48. The van der Waals surface area contributed by atoms with Gasteiger partial charge in [-0.1, -0.05) is 11.8 Å². The summed E-state index contributed by atoms with van der Waals surface area (Å²) < 4.78 is 0. The van der Waals surface area contributed by atoms with Crippen molar-refractivity contribution in [2.75, 3.05) is 0 Å². The van der Waals surface area contributed by atoms with Gasteiger partial charge in [-0.2, -0.15) is 0 Å². The Balaban J connectivity index is 3.21. The summed E-state index contributed by atoms with van der Waals surface area (Å²) in [5.41, 5.74) is 0. The predicted molar refractivity (Wildman–Crippen MR) is 31.2 cm³/mol. The molecule has 0 saturated heterocycles. The minimum atomic E-state index is 1.64. The molecule has 0 heterocycles. The van der Waals surface area contributed by atoms with E-state index in [1.54, 1.807) is 20.3 Å². The third-order valence-electron chi connectivity index (χ3n) is 0.433. The fourth-order valence-electron chi connectivity index (χ4n) is 0.180. The van der Waals surface area contributed by atoms with Crippen LogP contribution in [0.25, 0.3) is 0 Å². The van der Waals surface area contributed by atoms with Crippen molar-refractivity contribution in [3.05, 3.63) is 6.42 Å². The second-order valence-electron chi connectivity index (χ2n) is 0.933. The molecule has 7 heavy (non-hydrogen) atoms. The summed E-state index contributed by atoms with van der Waals surface area (Å²) in [6.07, 6.45) is 1.64. The third-order valence-corrected chi connectivity index (χ3v) is 0.433. The summed E-state index contributed by atoms with van der Waals surface area (Å²) in [6.45, 7) is 3.57. The molecule has 0 aromatic heterocycles. The van der Waals surface area contributed by atoms with E-state index < -0.39 is 0 Å². The van der Waals surface area contributed by atoms with E-state index in [4.69, 9.17) is 0 Å². The molecule has 0 aromatic carbocycles. The summed E-state index contributed by atoms with van der Waals surface area (Å²) in [4.78, 5) is 0. The SMILES string of the molecule is CC#C[CH]C#CC. The lowest BCUT2D eigenvalue weighted by Gasteiger charge is -1.62. The molecule has 1 radical (unpaired) electrons. The Morgan fingerprint density at radius 3 is 1.71 bits per heavy atom. The van der Waals surface area contributed by atoms with Crippen LogP contribution in [-0.4, -0.2) is 0 Å². The Labute approximate surface area is 44.9 Å². The number of rotatable bonds is 0. The van der Waals surface area contributed by atoms with Crippen LogP contribution in [0.2, 0.25) is 0 Å². The molecule has 0 bridgehead atoms. The highest BCUT2D eigenvalue weighted by Gasteiger charge is 1.59. The van der Waals surface area contributed by atoms with Crippen molar-refractivity contribution in [3.8, 4) is 23.7 Å². The third kappa shape index (κ3) is 5.12. The number of hydrogen-bond donors (Lipinski definition) is 0. The largest absolute Gasteiger partial charge is 0.106 e. The first-order valence-electron chi connectivity index (χ1n) is 2.08. The van der Waals surface area contributed by atoms with Crippen LogP contribution >= 0.6 is 0 Å². The van der Waals surface area contributed by atoms with E-state index in [0.717, 1.165) is 0 Å². The molecule has 0 aliphatic carbocycles. The molecule has 0 aliphatic heterocycles. The minimum absolute atomic E-state index is 1.64. The van der Waals surface area contributed by atoms with Crippen molar-refractivity contribution < 1.29 is 0 Å². The molecule has 0 aliphatic rings. The van der Waals surface area contributed by atoms with E-state index in [-0.39, 0.29) is 0 Å². The molecule has 0 spiro atoms. The molecule has 0 rings (SSSR count). The Morgan fingerprint density at radius 2 is 1.43 bits per heavy atom. The van der Waals surface area contributed by atoms with Crippen LogP contribution in [0.1, 0.15) is 13.8 Å². The summed E-state index contributed by atoms with van der Waals surface area (Å²) in [6, 6.07) is 0. The van der Waals surface area contributed by atoms with Crippen molar-refractivity contribution in [1.29, 1.82) is 0 Å². The zero-order valence-electron chi connectivity index (χ0n) is 4.58. The van der Waals surface area contributed by atoms with E-state index in [2.05, 4.69) is 23.7 Å². The molecule has 0 unspecified atom stereocenters. The van der Waals surface area contributed by atoms with Crippen LogP contribution in [0.15, 0.2) is 0 Å². The highest BCUT2D eigenvalue weighted by atomic mass is 13.6. The van der Waals surface area contributed by atoms with E-state index >= 15 is 0 Å². The van der Waals surface area contributed by atoms with Crippen molar-refractivity contribution in [2.45, 2.75) is 13.8 Å². The van der Waals surface area contributed by atoms with Gasteiger partial charge in [0.25, 0.3) is 0 Å². The maximum absolute atomic E-state index is 2.70. The molecule has 0 saturated carbocycles. The molecule has 0 atom stereocenters. The monoisotopic (exact) mass is 91.1 g/mol. The zero-order chi connectivity index (χ0) is 5.54. The van der Waals surface area contributed by atoms with Crippen molar-refractivity contribution in [1.82, 2.24) is 0 Å². The lowest BCUT2D eigenvalue weighted by atomic mass is 10.4. The molecular formula is C7H7. The van der Waals surface area contributed by atoms with Crippen molar-refractivity contribution in [3.63, 3.8) is 0 Å². The Morgan fingerprint density at radius 1 is 1.00 bits per heavy atom. The first-order valence-corrected chi connectivity index (χ1v) is 2.08. The highest BCUT2D eigenvalue weighted by molar-refractivity contribution is 5.24. The lowest BCUT2D eigenvalue weighted by Crippen LogP contribution is -1.56. The molecule has 0 heteroatoms. The fraction of sp³-hybridized carbons (Fsp3) is 0.286. The van der Waals surface area contributed by atoms with Crippen LogP contribution < -0.4 is 0 Å². The van der Waals surface area contributed by atoms with Gasteiger partial charge in [0.15, 0.2) is 0 Å². The molecule has 0 nitrogen and oxygen atoms in total. The zero-order valence-corrected chi connectivity index (χ0v) is 4.58. The summed E-state index contributed by atoms with van der Waals surface area (Å²) in [5, 5.41) is 0. The smallest absolute Gasteiger partial charge is 0.105 e. The van der Waals surface area contributed by atoms with Gasteiger partial charge in [0.2, 0.25) is 0 Å². The standard InChI is InChI=1S/C7H7/c1-3-5-7-6-4-2/h7H,1-2H3. The Hall–Kier alpha value is -0.880. The van der Waals surface area contributed by atoms with Gasteiger partial charge in [0, 0.05) is 0 Å². The first kappa shape index (κ1) is 6.12. The summed E-state index contributed by atoms with van der Waals surface area (Å²) in [7, 11) is 0. The number of hydrogen-bond acceptors (Lipinski definition) is 0. The van der Waals surface area contributed by atoms with E-state index in [1.807, 2.05) is 0 Å². The second kappa shape index (κ2) is 5.12. The second-order valence-corrected chi connectivity index (χ2v) is 0.933.